The van der Waals surface area contributed by atoms with Gasteiger partial charge < -0.3 is 170 Å². The highest BCUT2D eigenvalue weighted by atomic mass is 35.5. The van der Waals surface area contributed by atoms with E-state index in [1.807, 2.05) is 36.4 Å². The lowest BCUT2D eigenvalue weighted by molar-refractivity contribution is -0.334. The van der Waals surface area contributed by atoms with E-state index in [2.05, 4.69) is 42.5 Å². The number of phenols is 3. The largest absolute Gasteiger partial charge is 0.508 e. The molecule has 0 unspecified atom stereocenters. The quantitative estimate of drug-likeness (QED) is 0.0161. The molecule has 24 atom stereocenters. The number of benzene rings is 7. The van der Waals surface area contributed by atoms with Gasteiger partial charge in [-0.15, -0.1) is 0 Å². The summed E-state index contributed by atoms with van der Waals surface area (Å²) in [4.78, 5) is 166. The molecule has 48 heteroatoms. The molecule has 0 radical (unpaired) electrons. The summed E-state index contributed by atoms with van der Waals surface area (Å²) in [6.45, 7) is 8.04. The number of aromatic hydroxyl groups is 3. The number of amides is 9. The van der Waals surface area contributed by atoms with Crippen molar-refractivity contribution in [2.24, 2.45) is 34.6 Å². The Kier molecular flexibility index (Phi) is 37.2. The number of carbonyl (C=O) groups is 11. The lowest BCUT2D eigenvalue weighted by Crippen LogP contribution is -2.65. The SMILES string of the molecule is CC(C)C[C@H](C(=O)N[C@H]1C(=O)N[C@@H](CC(N)=O)C(=O)N[C@H]2C(=O)N[C@H]3C(=O)N[C@H](C(=O)N[C@H](C(=O)O)c4cc(O)cc(O)c4-c4cc3ccc4O)[C@H](O[C@H]3C[C@](C)(N)[C@@H](O)[C@H](C)O3)c3ccc(c(Cl)c3)Oc3cc2cc(c3O[C@@H]2O[C@H](CO)[C@@H](O)[C@H](O)[C@H]2O[C@H]2C[C@](C)(NCc3ccc(-c4ccc(Cl)cc4)cc3)[C@@H](O)[C@H](C)O2)Oc2ccc(cc2Cl)[C@H]1O)N(C)C(=O)OCOC(=O)[C@H](CCCCN)NC(=O)[C@H](N)CCCCN. The topological polar surface area (TPSA) is 712 Å². The number of phenolic OH excluding ortho intramolecular Hbond substituents is 3. The molecule has 148 heavy (non-hydrogen) atoms. The number of nitrogens with one attached hydrogen (secondary N) is 8. The van der Waals surface area contributed by atoms with Crippen molar-refractivity contribution < 1.29 is 151 Å². The Morgan fingerprint density at radius 2 is 1.22 bits per heavy atom. The average molecular weight is 2120 g/mol. The molecule has 15 rings (SSSR count). The number of hydrogen-bond acceptors (Lipinski definition) is 35. The molecule has 0 aliphatic carbocycles. The fraction of sp³-hybridized carbons (Fsp3) is 0.470. The highest BCUT2D eigenvalue weighted by Gasteiger charge is 2.54. The number of fused-ring (bicyclic) bond motifs is 15. The van der Waals surface area contributed by atoms with Crippen molar-refractivity contribution in [1.82, 2.24) is 47.4 Å². The zero-order valence-electron chi connectivity index (χ0n) is 81.5. The van der Waals surface area contributed by atoms with Crippen LogP contribution >= 0.6 is 34.8 Å². The van der Waals surface area contributed by atoms with Crippen molar-refractivity contribution in [2.75, 3.05) is 33.5 Å². The number of aliphatic hydroxyl groups excluding tert-OH is 6. The summed E-state index contributed by atoms with van der Waals surface area (Å²) in [6.07, 6.45) is -23.7. The van der Waals surface area contributed by atoms with E-state index in [4.69, 9.17) is 111 Å². The summed E-state index contributed by atoms with van der Waals surface area (Å²) in [5, 5.41) is 139. The van der Waals surface area contributed by atoms with Crippen LogP contribution in [0.15, 0.2) is 127 Å². The third kappa shape index (κ3) is 26.7. The molecule has 28 N–H and O–H groups in total. The number of unbranched alkanes of at least 4 members (excludes halogenated alkanes) is 2. The smallest absolute Gasteiger partial charge is 0.413 e. The molecule has 0 aromatic heterocycles. The molecule has 3 fully saturated rings. The molecule has 3 saturated heterocycles. The normalized spacial score (nSPS) is 27.2. The number of halogens is 3. The Morgan fingerprint density at radius 1 is 0.622 bits per heavy atom. The number of carbonyl (C=O) groups excluding carboxylic acids is 10. The summed E-state index contributed by atoms with van der Waals surface area (Å²) < 4.78 is 63.9. The Labute approximate surface area is 864 Å². The van der Waals surface area contributed by atoms with Crippen molar-refractivity contribution in [3.63, 3.8) is 0 Å². The summed E-state index contributed by atoms with van der Waals surface area (Å²) in [5.74, 6) is -19.7. The van der Waals surface area contributed by atoms with Gasteiger partial charge in [-0.3, -0.25) is 43.3 Å². The third-order valence-corrected chi connectivity index (χ3v) is 27.4. The number of carboxylic acids is 1. The van der Waals surface area contributed by atoms with Crippen molar-refractivity contribution in [3.05, 3.63) is 176 Å². The van der Waals surface area contributed by atoms with Gasteiger partial charge in [0.15, 0.2) is 36.2 Å². The van der Waals surface area contributed by atoms with E-state index in [0.29, 0.717) is 37.3 Å². The van der Waals surface area contributed by atoms with Gasteiger partial charge in [-0.05, 0) is 191 Å². The average Bonchev–Trinajstić information content (AvgIpc) is 0.819. The third-order valence-electron chi connectivity index (χ3n) is 26.5. The number of aliphatic hydroxyl groups is 6. The van der Waals surface area contributed by atoms with Gasteiger partial charge in [0.05, 0.1) is 53.5 Å². The number of likely N-dealkylation sites (N-methyl/N-ethyl adjacent to an activating group) is 1. The molecule has 7 aromatic carbocycles. The molecule has 8 aliphatic rings. The second kappa shape index (κ2) is 48.9. The number of primary amides is 1. The number of rotatable bonds is 32. The number of aliphatic carboxylic acids is 1. The Morgan fingerprint density at radius 3 is 1.83 bits per heavy atom. The van der Waals surface area contributed by atoms with E-state index in [1.165, 1.54) is 19.9 Å². The minimum Gasteiger partial charge on any atom is -0.508 e. The van der Waals surface area contributed by atoms with Crippen molar-refractivity contribution in [2.45, 2.75) is 258 Å². The molecular weight excluding hydrogens is 2000 g/mol. The second-order valence-corrected chi connectivity index (χ2v) is 39.5. The maximum atomic E-state index is 16.8. The van der Waals surface area contributed by atoms with Gasteiger partial charge >= 0.3 is 18.0 Å². The monoisotopic (exact) mass is 2120 g/mol. The number of nitrogens with zero attached hydrogens (tertiary/aromatic N) is 1. The summed E-state index contributed by atoms with van der Waals surface area (Å²) >= 11 is 21.0. The minimum atomic E-state index is -2.51. The minimum absolute atomic E-state index is 0.0315. The van der Waals surface area contributed by atoms with Gasteiger partial charge in [-0.25, -0.2) is 14.4 Å². The van der Waals surface area contributed by atoms with E-state index in [-0.39, 0.29) is 56.3 Å². The van der Waals surface area contributed by atoms with Crippen LogP contribution in [0, 0.1) is 5.92 Å². The molecule has 8 heterocycles. The van der Waals surface area contributed by atoms with Crippen LogP contribution < -0.4 is 85.4 Å². The summed E-state index contributed by atoms with van der Waals surface area (Å²) in [7, 11) is 1.11. The molecule has 11 bridgehead atoms. The molecule has 7 aromatic rings. The molecule has 9 amide bonds. The first kappa shape index (κ1) is 113. The van der Waals surface area contributed by atoms with Gasteiger partial charge in [-0.2, -0.15) is 0 Å². The highest BCUT2D eigenvalue weighted by Crippen LogP contribution is 2.51. The lowest BCUT2D eigenvalue weighted by atomic mass is 9.84. The van der Waals surface area contributed by atoms with E-state index < -0.39 is 320 Å². The van der Waals surface area contributed by atoms with Gasteiger partial charge in [0.25, 0.3) is 0 Å². The number of ether oxygens (including phenoxy) is 10. The number of hydrogen-bond donors (Lipinski definition) is 23. The van der Waals surface area contributed by atoms with Crippen LogP contribution in [-0.2, 0) is 87.6 Å². The van der Waals surface area contributed by atoms with E-state index >= 15 is 28.8 Å². The Balaban J connectivity index is 0.962. The summed E-state index contributed by atoms with van der Waals surface area (Å²) in [6, 6.07) is 9.96. The lowest BCUT2D eigenvalue weighted by Gasteiger charge is -2.48. The molecular formula is C100H123Cl3N14O31. The maximum Gasteiger partial charge on any atom is 0.413 e. The molecule has 45 nitrogen and oxygen atoms in total. The van der Waals surface area contributed by atoms with Gasteiger partial charge in [0.2, 0.25) is 66.1 Å². The van der Waals surface area contributed by atoms with Crippen LogP contribution in [0.5, 0.6) is 46.0 Å². The maximum absolute atomic E-state index is 16.8. The fourth-order valence-corrected chi connectivity index (χ4v) is 18.9. The van der Waals surface area contributed by atoms with Crippen molar-refractivity contribution in [3.8, 4) is 68.2 Å². The molecule has 8 aliphatic heterocycles. The Bertz CT molecular complexity index is 6020. The predicted molar refractivity (Wildman–Crippen MR) is 527 cm³/mol. The summed E-state index contributed by atoms with van der Waals surface area (Å²) in [5.41, 5.74) is 26.6. The van der Waals surface area contributed by atoms with Crippen LogP contribution in [0.4, 0.5) is 4.79 Å². The van der Waals surface area contributed by atoms with Gasteiger partial charge in [0.1, 0.15) is 102 Å². The van der Waals surface area contributed by atoms with E-state index in [9.17, 15) is 75.0 Å². The van der Waals surface area contributed by atoms with Crippen LogP contribution in [0.1, 0.15) is 169 Å². The number of esters is 1. The first-order valence-electron chi connectivity index (χ1n) is 47.9. The zero-order valence-corrected chi connectivity index (χ0v) is 83.8. The highest BCUT2D eigenvalue weighted by molar-refractivity contribution is 6.32. The van der Waals surface area contributed by atoms with Crippen LogP contribution in [0.2, 0.25) is 15.1 Å². The van der Waals surface area contributed by atoms with E-state index in [0.717, 1.165) is 101 Å². The second-order valence-electron chi connectivity index (χ2n) is 38.2. The molecule has 800 valence electrons. The van der Waals surface area contributed by atoms with Crippen LogP contribution in [0.3, 0.4) is 0 Å². The Hall–Kier alpha value is -12.5. The molecule has 0 spiro atoms. The van der Waals surface area contributed by atoms with Crippen LogP contribution in [-0.4, -0.2) is 270 Å². The van der Waals surface area contributed by atoms with Crippen molar-refractivity contribution in [1.29, 1.82) is 0 Å². The number of carboxylic acid groups (broad SMARTS) is 1. The van der Waals surface area contributed by atoms with Crippen molar-refractivity contribution >= 4 is 100 Å². The first-order valence-corrected chi connectivity index (χ1v) is 49.0. The van der Waals surface area contributed by atoms with E-state index in [1.54, 1.807) is 39.8 Å². The van der Waals surface area contributed by atoms with Gasteiger partial charge in [-0.1, -0.05) is 110 Å². The molecule has 0 saturated carbocycles. The predicted octanol–water partition coefficient (Wildman–Crippen LogP) is 3.92. The first-order chi connectivity index (χ1) is 70.2. The van der Waals surface area contributed by atoms with Gasteiger partial charge in [0, 0.05) is 65.3 Å². The zero-order chi connectivity index (χ0) is 108. The van der Waals surface area contributed by atoms with Crippen LogP contribution in [0.25, 0.3) is 22.3 Å². The standard InChI is InChI=1S/C100H123Cl3N14O31/c1-44(2)30-63(117(7)98(138)140-43-139-96(137)61(13-9-11-29-105)110-88(128)60(106)12-8-10-28-104)90(130)115-78-80(123)51-21-26-66(58(102)32-51)143-68-34-53-35-69(84(68)148-97-85(82(125)81(124)70(42-118)145-97)147-73-40-100(6,87(127)46(4)142-73)109-41-47-14-16-48(17-15-47)49-18-23-54(101)24-19-49)144-67-27-22-52(33-59(67)103)83(146-72-39-99(5,108)86(126)45(3)141-72)79-94(134)114-77(95(135)136)57-36-55(119)37-65(121)74(57)56-31-50(20-25-64(56)120)75(91(131)116-79)113-92(132)76(53)112-89(129)62(38-71(107)122)111-93(78)133/h14-27,31-37,44-46,60-63,70,72-73,75-83,85-87,97,109,118-121,123-127H,8-13,28-30,38-43,104-106,108H2,1-7H3,(H2,107,122)(H,110,128)(H,111,133)(H,112,129)(H,113,132)(H,114,134)(H,115,130)(H,116,131)(H,135,136)/t45-,46-,60+,61-,62-,63+,70+,72-,73-,75+,76+,77-,78+,79-,80+,81+,82-,83+,85+,86-,87-,97-,99-,100-/m0/s1. The number of nitrogens with two attached hydrogens (primary N) is 5. The fourth-order valence-electron chi connectivity index (χ4n) is 18.3.